The molecule has 0 amide bonds. The molecule has 2 bridgehead atoms. The van der Waals surface area contributed by atoms with Gasteiger partial charge in [-0.1, -0.05) is 23.8 Å². The number of hydrogen-bond donors (Lipinski definition) is 1. The molecule has 0 saturated carbocycles. The van der Waals surface area contributed by atoms with Crippen LogP contribution in [0.4, 0.5) is 0 Å². The zero-order chi connectivity index (χ0) is 14.3. The largest absolute Gasteiger partial charge is 0.307 e. The molecule has 2 heteroatoms. The van der Waals surface area contributed by atoms with Crippen LogP contribution in [0.25, 0.3) is 0 Å². The van der Waals surface area contributed by atoms with E-state index in [1.54, 1.807) is 0 Å². The van der Waals surface area contributed by atoms with E-state index in [1.165, 1.54) is 42.4 Å². The van der Waals surface area contributed by atoms with E-state index in [1.807, 2.05) is 0 Å². The van der Waals surface area contributed by atoms with Crippen molar-refractivity contribution in [3.63, 3.8) is 0 Å². The molecule has 1 aromatic rings. The Morgan fingerprint density at radius 1 is 1.15 bits per heavy atom. The van der Waals surface area contributed by atoms with Gasteiger partial charge in [0, 0.05) is 24.2 Å². The summed E-state index contributed by atoms with van der Waals surface area (Å²) >= 11 is 0. The summed E-state index contributed by atoms with van der Waals surface area (Å²) in [6.45, 7) is 6.72. The SMILES string of the molecule is Cc1ccc(C(C)NC2CC3CCC(C2)N3C)c(C)c1. The van der Waals surface area contributed by atoms with Gasteiger partial charge in [-0.25, -0.2) is 0 Å². The summed E-state index contributed by atoms with van der Waals surface area (Å²) in [6, 6.07) is 9.62. The van der Waals surface area contributed by atoms with Crippen LogP contribution in [0.3, 0.4) is 0 Å². The van der Waals surface area contributed by atoms with E-state index in [-0.39, 0.29) is 0 Å². The summed E-state index contributed by atoms with van der Waals surface area (Å²) in [6.07, 6.45) is 5.44. The average molecular weight is 272 g/mol. The number of piperidine rings is 1. The molecule has 0 spiro atoms. The average Bonchev–Trinajstić information content (AvgIpc) is 2.62. The first kappa shape index (κ1) is 14.1. The molecule has 3 rings (SSSR count). The summed E-state index contributed by atoms with van der Waals surface area (Å²) in [5.74, 6) is 0. The molecule has 2 heterocycles. The first-order valence-electron chi connectivity index (χ1n) is 8.09. The number of fused-ring (bicyclic) bond motifs is 2. The number of nitrogens with zero attached hydrogens (tertiary/aromatic N) is 1. The quantitative estimate of drug-likeness (QED) is 0.905. The summed E-state index contributed by atoms with van der Waals surface area (Å²) in [5.41, 5.74) is 4.23. The minimum atomic E-state index is 0.461. The molecule has 2 saturated heterocycles. The van der Waals surface area contributed by atoms with Crippen LogP contribution in [0.2, 0.25) is 0 Å². The molecule has 2 fully saturated rings. The van der Waals surface area contributed by atoms with Crippen molar-refractivity contribution in [1.82, 2.24) is 10.2 Å². The lowest BCUT2D eigenvalue weighted by Gasteiger charge is -2.38. The van der Waals surface area contributed by atoms with Crippen LogP contribution in [0.5, 0.6) is 0 Å². The molecule has 110 valence electrons. The highest BCUT2D eigenvalue weighted by Gasteiger charge is 2.38. The molecular weight excluding hydrogens is 244 g/mol. The maximum absolute atomic E-state index is 3.89. The molecule has 2 aliphatic rings. The highest BCUT2D eigenvalue weighted by Crippen LogP contribution is 2.35. The van der Waals surface area contributed by atoms with Gasteiger partial charge in [0.1, 0.15) is 0 Å². The number of benzene rings is 1. The van der Waals surface area contributed by atoms with Gasteiger partial charge in [-0.05, 0) is 64.6 Å². The van der Waals surface area contributed by atoms with E-state index in [0.29, 0.717) is 12.1 Å². The Kier molecular flexibility index (Phi) is 3.87. The summed E-state index contributed by atoms with van der Waals surface area (Å²) in [4.78, 5) is 2.61. The summed E-state index contributed by atoms with van der Waals surface area (Å²) < 4.78 is 0. The molecule has 0 aliphatic carbocycles. The van der Waals surface area contributed by atoms with E-state index in [0.717, 1.165) is 12.1 Å². The Morgan fingerprint density at radius 3 is 2.40 bits per heavy atom. The zero-order valence-corrected chi connectivity index (χ0v) is 13.3. The van der Waals surface area contributed by atoms with Crippen LogP contribution in [0.1, 0.15) is 55.3 Å². The predicted octanol–water partition coefficient (Wildman–Crippen LogP) is 3.58. The maximum Gasteiger partial charge on any atom is 0.0296 e. The molecule has 3 atom stereocenters. The van der Waals surface area contributed by atoms with Crippen LogP contribution in [0, 0.1) is 13.8 Å². The molecule has 0 radical (unpaired) electrons. The molecular formula is C18H28N2. The second kappa shape index (κ2) is 5.50. The zero-order valence-electron chi connectivity index (χ0n) is 13.3. The third kappa shape index (κ3) is 2.64. The molecule has 20 heavy (non-hydrogen) atoms. The van der Waals surface area contributed by atoms with Crippen molar-refractivity contribution in [3.8, 4) is 0 Å². The van der Waals surface area contributed by atoms with Crippen molar-refractivity contribution >= 4 is 0 Å². The van der Waals surface area contributed by atoms with Crippen LogP contribution in [-0.2, 0) is 0 Å². The fraction of sp³-hybridized carbons (Fsp3) is 0.667. The topological polar surface area (TPSA) is 15.3 Å². The minimum absolute atomic E-state index is 0.461. The molecule has 1 N–H and O–H groups in total. The van der Waals surface area contributed by atoms with Crippen LogP contribution >= 0.6 is 0 Å². The molecule has 1 aromatic carbocycles. The molecule has 2 nitrogen and oxygen atoms in total. The summed E-state index contributed by atoms with van der Waals surface area (Å²) in [5, 5.41) is 3.89. The van der Waals surface area contributed by atoms with Crippen LogP contribution in [-0.4, -0.2) is 30.1 Å². The van der Waals surface area contributed by atoms with Crippen molar-refractivity contribution in [2.45, 2.75) is 70.6 Å². The highest BCUT2D eigenvalue weighted by atomic mass is 15.2. The van der Waals surface area contributed by atoms with Crippen molar-refractivity contribution in [3.05, 3.63) is 34.9 Å². The Bertz CT molecular complexity index is 468. The monoisotopic (exact) mass is 272 g/mol. The lowest BCUT2D eigenvalue weighted by Crippen LogP contribution is -2.47. The van der Waals surface area contributed by atoms with E-state index in [4.69, 9.17) is 0 Å². The lowest BCUT2D eigenvalue weighted by molar-refractivity contribution is 0.144. The normalized spacial score (nSPS) is 31.5. The van der Waals surface area contributed by atoms with E-state index < -0.39 is 0 Å². The Hall–Kier alpha value is -0.860. The Morgan fingerprint density at radius 2 is 1.80 bits per heavy atom. The fourth-order valence-electron chi connectivity index (χ4n) is 4.30. The Balaban J connectivity index is 1.66. The van der Waals surface area contributed by atoms with E-state index >= 15 is 0 Å². The molecule has 0 aromatic heterocycles. The third-order valence-corrected chi connectivity index (χ3v) is 5.48. The second-order valence-electron chi connectivity index (χ2n) is 6.97. The van der Waals surface area contributed by atoms with Gasteiger partial charge in [-0.15, -0.1) is 0 Å². The van der Waals surface area contributed by atoms with Gasteiger partial charge in [-0.2, -0.15) is 0 Å². The number of aryl methyl sites for hydroxylation is 2. The van der Waals surface area contributed by atoms with Crippen molar-refractivity contribution in [2.24, 2.45) is 0 Å². The highest BCUT2D eigenvalue weighted by molar-refractivity contribution is 5.32. The standard InChI is InChI=1S/C18H28N2/c1-12-5-8-18(13(2)9-12)14(3)19-15-10-16-6-7-17(11-15)20(16)4/h5,8-9,14-17,19H,6-7,10-11H2,1-4H3. The van der Waals surface area contributed by atoms with E-state index in [9.17, 15) is 0 Å². The van der Waals surface area contributed by atoms with E-state index in [2.05, 4.69) is 56.2 Å². The number of nitrogens with one attached hydrogen (secondary N) is 1. The van der Waals surface area contributed by atoms with Gasteiger partial charge >= 0.3 is 0 Å². The van der Waals surface area contributed by atoms with Crippen LogP contribution < -0.4 is 5.32 Å². The maximum atomic E-state index is 3.89. The Labute approximate surface area is 123 Å². The molecule has 3 unspecified atom stereocenters. The van der Waals surface area contributed by atoms with Gasteiger partial charge in [0.25, 0.3) is 0 Å². The first-order chi connectivity index (χ1) is 9.54. The summed E-state index contributed by atoms with van der Waals surface area (Å²) in [7, 11) is 2.31. The van der Waals surface area contributed by atoms with Crippen LogP contribution in [0.15, 0.2) is 18.2 Å². The lowest BCUT2D eigenvalue weighted by atomic mass is 9.95. The third-order valence-electron chi connectivity index (χ3n) is 5.48. The van der Waals surface area contributed by atoms with Gasteiger partial charge in [0.15, 0.2) is 0 Å². The predicted molar refractivity (Wildman–Crippen MR) is 85.1 cm³/mol. The first-order valence-corrected chi connectivity index (χ1v) is 8.09. The molecule has 2 aliphatic heterocycles. The number of rotatable bonds is 3. The van der Waals surface area contributed by atoms with Gasteiger partial charge in [0.05, 0.1) is 0 Å². The van der Waals surface area contributed by atoms with Gasteiger partial charge < -0.3 is 10.2 Å². The van der Waals surface area contributed by atoms with Gasteiger partial charge in [0.2, 0.25) is 0 Å². The van der Waals surface area contributed by atoms with Crippen molar-refractivity contribution in [1.29, 1.82) is 0 Å². The smallest absolute Gasteiger partial charge is 0.0296 e. The minimum Gasteiger partial charge on any atom is -0.307 e. The van der Waals surface area contributed by atoms with Crippen molar-refractivity contribution < 1.29 is 0 Å². The second-order valence-corrected chi connectivity index (χ2v) is 6.97. The number of hydrogen-bond acceptors (Lipinski definition) is 2. The fourth-order valence-corrected chi connectivity index (χ4v) is 4.30. The van der Waals surface area contributed by atoms with Gasteiger partial charge in [-0.3, -0.25) is 0 Å². The van der Waals surface area contributed by atoms with Crippen molar-refractivity contribution in [2.75, 3.05) is 7.05 Å².